The molecule has 0 unspecified atom stereocenters. The molecule has 3 atom stereocenters. The maximum atomic E-state index is 14.0. The number of hydrazine groups is 1. The van der Waals surface area contributed by atoms with Crippen molar-refractivity contribution in [3.05, 3.63) is 36.3 Å². The molecule has 10 nitrogen and oxygen atoms in total. The number of carbonyl (C=O) groups excluding carboxylic acids is 3. The summed E-state index contributed by atoms with van der Waals surface area (Å²) < 4.78 is 1.74. The van der Waals surface area contributed by atoms with Crippen molar-refractivity contribution >= 4 is 29.6 Å². The van der Waals surface area contributed by atoms with Gasteiger partial charge in [0.05, 0.1) is 12.0 Å². The Morgan fingerprint density at radius 3 is 2.50 bits per heavy atom. The lowest BCUT2D eigenvalue weighted by Crippen LogP contribution is -2.79. The second-order valence-electron chi connectivity index (χ2n) is 9.54. The molecule has 1 aliphatic carbocycles. The zero-order valence-corrected chi connectivity index (χ0v) is 19.6. The van der Waals surface area contributed by atoms with Crippen LogP contribution in [0, 0.1) is 11.8 Å². The largest absolute Gasteiger partial charge is 0.384 e. The predicted octanol–water partition coefficient (Wildman–Crippen LogP) is 2.51. The number of rotatable bonds is 6. The highest BCUT2D eigenvalue weighted by molar-refractivity contribution is 6.16. The van der Waals surface area contributed by atoms with Crippen LogP contribution < -0.4 is 10.7 Å². The van der Waals surface area contributed by atoms with Crippen LogP contribution in [0.5, 0.6) is 0 Å². The van der Waals surface area contributed by atoms with Crippen LogP contribution >= 0.6 is 0 Å². The van der Waals surface area contributed by atoms with E-state index < -0.39 is 18.0 Å². The minimum Gasteiger partial charge on any atom is -0.384 e. The van der Waals surface area contributed by atoms with E-state index in [0.29, 0.717) is 24.6 Å². The molecule has 4 heterocycles. The van der Waals surface area contributed by atoms with E-state index in [9.17, 15) is 14.4 Å². The molecule has 3 aliphatic rings. The van der Waals surface area contributed by atoms with Crippen molar-refractivity contribution in [3.63, 3.8) is 0 Å². The number of aromatic nitrogens is 3. The summed E-state index contributed by atoms with van der Waals surface area (Å²) >= 11 is 0. The van der Waals surface area contributed by atoms with Gasteiger partial charge in [-0.1, -0.05) is 26.2 Å². The molecule has 34 heavy (non-hydrogen) atoms. The van der Waals surface area contributed by atoms with Crippen LogP contribution in [-0.2, 0) is 23.1 Å². The fourth-order valence-electron chi connectivity index (χ4n) is 5.82. The molecule has 0 radical (unpaired) electrons. The highest BCUT2D eigenvalue weighted by atomic mass is 16.2. The molecular weight excluding hydrogens is 434 g/mol. The summed E-state index contributed by atoms with van der Waals surface area (Å²) in [7, 11) is 1.80. The second kappa shape index (κ2) is 8.73. The molecule has 0 aromatic carbocycles. The molecule has 5 rings (SSSR count). The Kier molecular flexibility index (Phi) is 5.75. The third kappa shape index (κ3) is 3.52. The van der Waals surface area contributed by atoms with E-state index in [2.05, 4.69) is 9.97 Å². The molecule has 3 fully saturated rings. The van der Waals surface area contributed by atoms with Crippen LogP contribution in [0.25, 0.3) is 0 Å². The predicted molar refractivity (Wildman–Crippen MR) is 125 cm³/mol. The van der Waals surface area contributed by atoms with Crippen molar-refractivity contribution in [1.82, 2.24) is 24.4 Å². The van der Waals surface area contributed by atoms with Crippen molar-refractivity contribution in [3.8, 4) is 0 Å². The monoisotopic (exact) mass is 465 g/mol. The van der Waals surface area contributed by atoms with E-state index in [1.807, 2.05) is 6.92 Å². The summed E-state index contributed by atoms with van der Waals surface area (Å²) in [5.74, 6) is -0.221. The summed E-state index contributed by atoms with van der Waals surface area (Å²) in [6.45, 7) is 2.04. The second-order valence-corrected chi connectivity index (χ2v) is 9.54. The number of hydrogen-bond acceptors (Lipinski definition) is 6. The van der Waals surface area contributed by atoms with Gasteiger partial charge in [-0.2, -0.15) is 5.01 Å². The zero-order chi connectivity index (χ0) is 24.0. The molecule has 180 valence electrons. The van der Waals surface area contributed by atoms with Gasteiger partial charge in [0.25, 0.3) is 5.91 Å². The number of imide groups is 1. The number of amides is 4. The van der Waals surface area contributed by atoms with Crippen LogP contribution in [-0.4, -0.2) is 54.4 Å². The topological polar surface area (TPSA) is 118 Å². The maximum absolute atomic E-state index is 14.0. The average molecular weight is 466 g/mol. The molecule has 0 bridgehead atoms. The fraction of sp³-hybridized carbons (Fsp3) is 0.542. The Bertz CT molecular complexity index is 1110. The molecule has 2 saturated heterocycles. The van der Waals surface area contributed by atoms with Gasteiger partial charge in [-0.25, -0.2) is 24.7 Å². The van der Waals surface area contributed by atoms with Crippen LogP contribution in [0.1, 0.15) is 51.0 Å². The zero-order valence-electron chi connectivity index (χ0n) is 19.6. The lowest BCUT2D eigenvalue weighted by molar-refractivity contribution is -0.163. The first-order valence-electron chi connectivity index (χ1n) is 12.1. The highest BCUT2D eigenvalue weighted by Crippen LogP contribution is 2.41. The first-order valence-corrected chi connectivity index (χ1v) is 12.1. The first kappa shape index (κ1) is 22.4. The number of hydrogen-bond donors (Lipinski definition) is 1. The Labute approximate surface area is 198 Å². The minimum atomic E-state index is -0.855. The van der Waals surface area contributed by atoms with Gasteiger partial charge in [0.15, 0.2) is 0 Å². The van der Waals surface area contributed by atoms with Crippen LogP contribution in [0.15, 0.2) is 30.7 Å². The summed E-state index contributed by atoms with van der Waals surface area (Å²) in [5.41, 5.74) is 6.61. The number of carbonyl (C=O) groups is 3. The molecule has 10 heteroatoms. The van der Waals surface area contributed by atoms with Gasteiger partial charge in [0, 0.05) is 25.6 Å². The molecule has 2 N–H and O–H groups in total. The molecule has 2 aromatic rings. The van der Waals surface area contributed by atoms with Crippen LogP contribution in [0.3, 0.4) is 0 Å². The number of pyridine rings is 1. The molecule has 2 aromatic heterocycles. The molecular formula is C24H31N7O3. The number of aryl methyl sites for hydroxylation is 1. The van der Waals surface area contributed by atoms with Gasteiger partial charge in [0.1, 0.15) is 11.9 Å². The Balaban J connectivity index is 1.51. The number of nitrogen functional groups attached to an aromatic ring is 1. The van der Waals surface area contributed by atoms with Gasteiger partial charge in [-0.3, -0.25) is 9.59 Å². The SMILES string of the molecule is CC[C@H](C1CCCCC1)N1C(=O)N2C(=O)[C@H](Cc3ccnc(N)c3)[C@H]2C(=O)N1c1nccn1C. The first-order chi connectivity index (χ1) is 16.4. The Morgan fingerprint density at radius 2 is 1.85 bits per heavy atom. The average Bonchev–Trinajstić information content (AvgIpc) is 3.25. The maximum Gasteiger partial charge on any atom is 0.347 e. The van der Waals surface area contributed by atoms with Gasteiger partial charge >= 0.3 is 6.03 Å². The molecule has 1 saturated carbocycles. The number of nitrogens with zero attached hydrogens (tertiary/aromatic N) is 6. The van der Waals surface area contributed by atoms with Crippen molar-refractivity contribution < 1.29 is 14.4 Å². The highest BCUT2D eigenvalue weighted by Gasteiger charge is 2.62. The lowest BCUT2D eigenvalue weighted by Gasteiger charge is -2.55. The van der Waals surface area contributed by atoms with Crippen molar-refractivity contribution in [2.45, 2.75) is 64.0 Å². The minimum absolute atomic E-state index is 0.179. The standard InChI is InChI=1S/C24H31N7O3/c1-3-18(16-7-5-4-6-8-16)30-24(34)29-20(22(33)31(30)23-27-11-12-28(23)2)17(21(29)32)13-15-9-10-26-19(25)14-15/h9-12,14,16-18,20H,3-8,13H2,1-2H3,(H2,25,26)/t17-,18-,20+/m1/s1. The van der Waals surface area contributed by atoms with E-state index in [1.54, 1.807) is 42.3 Å². The summed E-state index contributed by atoms with van der Waals surface area (Å²) in [5, 5.41) is 2.96. The number of nitrogens with two attached hydrogens (primary N) is 1. The lowest BCUT2D eigenvalue weighted by atomic mass is 9.80. The Morgan fingerprint density at radius 1 is 1.09 bits per heavy atom. The third-order valence-electron chi connectivity index (χ3n) is 7.51. The van der Waals surface area contributed by atoms with Crippen molar-refractivity contribution in [2.75, 3.05) is 10.7 Å². The van der Waals surface area contributed by atoms with Gasteiger partial charge < -0.3 is 10.3 Å². The van der Waals surface area contributed by atoms with E-state index in [1.165, 1.54) is 16.4 Å². The van der Waals surface area contributed by atoms with Crippen molar-refractivity contribution in [1.29, 1.82) is 0 Å². The molecule has 0 spiro atoms. The number of fused-ring (bicyclic) bond motifs is 1. The van der Waals surface area contributed by atoms with Crippen LogP contribution in [0.2, 0.25) is 0 Å². The Hall–Kier alpha value is -3.43. The summed E-state index contributed by atoms with van der Waals surface area (Å²) in [4.78, 5) is 50.5. The van der Waals surface area contributed by atoms with Gasteiger partial charge in [0.2, 0.25) is 11.9 Å². The fourth-order valence-corrected chi connectivity index (χ4v) is 5.82. The quantitative estimate of drug-likeness (QED) is 0.655. The van der Waals surface area contributed by atoms with Gasteiger partial charge in [-0.05, 0) is 49.3 Å². The van der Waals surface area contributed by atoms with Crippen molar-refractivity contribution in [2.24, 2.45) is 18.9 Å². The smallest absolute Gasteiger partial charge is 0.347 e. The third-order valence-corrected chi connectivity index (χ3v) is 7.51. The van der Waals surface area contributed by atoms with E-state index in [0.717, 1.165) is 36.1 Å². The summed E-state index contributed by atoms with van der Waals surface area (Å²) in [6, 6.07) is 2.01. The normalized spacial score (nSPS) is 24.3. The summed E-state index contributed by atoms with van der Waals surface area (Å²) in [6.07, 6.45) is 11.4. The van der Waals surface area contributed by atoms with E-state index >= 15 is 0 Å². The van der Waals surface area contributed by atoms with E-state index in [-0.39, 0.29) is 23.8 Å². The van der Waals surface area contributed by atoms with Gasteiger partial charge in [-0.15, -0.1) is 0 Å². The molecule has 4 amide bonds. The number of imidazole rings is 1. The number of anilines is 2. The molecule has 2 aliphatic heterocycles. The van der Waals surface area contributed by atoms with E-state index in [4.69, 9.17) is 5.73 Å². The van der Waals surface area contributed by atoms with Crippen LogP contribution in [0.4, 0.5) is 16.6 Å². The number of urea groups is 1. The number of β-lactam (4-membered cyclic amide) rings is 1.